The van der Waals surface area contributed by atoms with Gasteiger partial charge in [0.25, 0.3) is 0 Å². The standard InChI is InChI=1S/C14H19NO/c16-14(12-6-2-1-3-7-12)9-11-15-10-5-4-8-13(14)15/h1-3,6-7,13,16H,4-5,8-11H2/t13-,14+/m1/s1. The molecule has 0 spiro atoms. The molecule has 2 heterocycles. The van der Waals surface area contributed by atoms with Gasteiger partial charge in [0.15, 0.2) is 0 Å². The van der Waals surface area contributed by atoms with Crippen molar-refractivity contribution in [2.45, 2.75) is 37.3 Å². The maximum Gasteiger partial charge on any atom is 0.106 e. The van der Waals surface area contributed by atoms with Crippen molar-refractivity contribution in [3.8, 4) is 0 Å². The topological polar surface area (TPSA) is 23.5 Å². The zero-order valence-electron chi connectivity index (χ0n) is 9.60. The van der Waals surface area contributed by atoms with Gasteiger partial charge in [-0.15, -0.1) is 0 Å². The molecular weight excluding hydrogens is 198 g/mol. The molecule has 2 atom stereocenters. The van der Waals surface area contributed by atoms with Crippen LogP contribution >= 0.6 is 0 Å². The lowest BCUT2D eigenvalue weighted by Gasteiger charge is -2.37. The van der Waals surface area contributed by atoms with E-state index in [9.17, 15) is 5.11 Å². The molecule has 1 N–H and O–H groups in total. The summed E-state index contributed by atoms with van der Waals surface area (Å²) in [7, 11) is 0. The van der Waals surface area contributed by atoms with Crippen LogP contribution in [0.3, 0.4) is 0 Å². The van der Waals surface area contributed by atoms with E-state index in [2.05, 4.69) is 17.0 Å². The number of rotatable bonds is 1. The van der Waals surface area contributed by atoms with Crippen LogP contribution in [0.15, 0.2) is 30.3 Å². The molecule has 3 rings (SSSR count). The predicted molar refractivity (Wildman–Crippen MR) is 64.2 cm³/mol. The Morgan fingerprint density at radius 2 is 1.94 bits per heavy atom. The van der Waals surface area contributed by atoms with E-state index < -0.39 is 5.60 Å². The second-order valence-corrected chi connectivity index (χ2v) is 5.09. The molecule has 0 aromatic heterocycles. The fourth-order valence-electron chi connectivity index (χ4n) is 3.34. The molecule has 2 aliphatic heterocycles. The fourth-order valence-corrected chi connectivity index (χ4v) is 3.34. The highest BCUT2D eigenvalue weighted by molar-refractivity contribution is 5.26. The number of benzene rings is 1. The molecule has 0 radical (unpaired) electrons. The number of piperidine rings is 1. The Kier molecular flexibility index (Phi) is 2.49. The number of fused-ring (bicyclic) bond motifs is 1. The third kappa shape index (κ3) is 1.48. The van der Waals surface area contributed by atoms with Crippen LogP contribution in [-0.2, 0) is 5.60 Å². The Morgan fingerprint density at radius 3 is 2.75 bits per heavy atom. The lowest BCUT2D eigenvalue weighted by molar-refractivity contribution is -0.0138. The van der Waals surface area contributed by atoms with Gasteiger partial charge >= 0.3 is 0 Å². The first-order valence-electron chi connectivity index (χ1n) is 6.33. The zero-order valence-corrected chi connectivity index (χ0v) is 9.60. The van der Waals surface area contributed by atoms with Gasteiger partial charge in [-0.3, -0.25) is 4.90 Å². The van der Waals surface area contributed by atoms with Gasteiger partial charge in [0.05, 0.1) is 0 Å². The minimum absolute atomic E-state index is 0.351. The molecule has 2 aliphatic rings. The van der Waals surface area contributed by atoms with Crippen LogP contribution < -0.4 is 0 Å². The molecular formula is C14H19NO. The summed E-state index contributed by atoms with van der Waals surface area (Å²) in [5.41, 5.74) is 0.506. The fraction of sp³-hybridized carbons (Fsp3) is 0.571. The molecule has 1 aromatic carbocycles. The summed E-state index contributed by atoms with van der Waals surface area (Å²) in [6, 6.07) is 10.6. The van der Waals surface area contributed by atoms with E-state index in [4.69, 9.17) is 0 Å². The maximum absolute atomic E-state index is 10.9. The lowest BCUT2D eigenvalue weighted by Crippen LogP contribution is -2.45. The van der Waals surface area contributed by atoms with E-state index in [0.717, 1.165) is 24.9 Å². The Morgan fingerprint density at radius 1 is 1.12 bits per heavy atom. The van der Waals surface area contributed by atoms with Gasteiger partial charge in [0.2, 0.25) is 0 Å². The van der Waals surface area contributed by atoms with Crippen molar-refractivity contribution in [3.05, 3.63) is 35.9 Å². The highest BCUT2D eigenvalue weighted by atomic mass is 16.3. The molecule has 2 fully saturated rings. The van der Waals surface area contributed by atoms with Crippen molar-refractivity contribution >= 4 is 0 Å². The largest absolute Gasteiger partial charge is 0.383 e. The maximum atomic E-state index is 10.9. The second kappa shape index (κ2) is 3.86. The summed E-state index contributed by atoms with van der Waals surface area (Å²) in [6.45, 7) is 2.22. The molecule has 2 heteroatoms. The first kappa shape index (κ1) is 10.3. The predicted octanol–water partition coefficient (Wildman–Crippen LogP) is 2.13. The third-order valence-electron chi connectivity index (χ3n) is 4.22. The SMILES string of the molecule is O[C@]1(c2ccccc2)CCN2CCCC[C@@H]21. The quantitative estimate of drug-likeness (QED) is 0.779. The van der Waals surface area contributed by atoms with E-state index in [0.29, 0.717) is 6.04 Å². The summed E-state index contributed by atoms with van der Waals surface area (Å²) in [6.07, 6.45) is 4.59. The van der Waals surface area contributed by atoms with Crippen molar-refractivity contribution < 1.29 is 5.11 Å². The van der Waals surface area contributed by atoms with Crippen molar-refractivity contribution in [1.82, 2.24) is 4.90 Å². The van der Waals surface area contributed by atoms with Crippen LogP contribution in [0.5, 0.6) is 0 Å². The van der Waals surface area contributed by atoms with E-state index in [1.165, 1.54) is 19.4 Å². The van der Waals surface area contributed by atoms with Crippen molar-refractivity contribution in [1.29, 1.82) is 0 Å². The van der Waals surface area contributed by atoms with Crippen LogP contribution in [0.4, 0.5) is 0 Å². The van der Waals surface area contributed by atoms with Crippen molar-refractivity contribution in [2.24, 2.45) is 0 Å². The monoisotopic (exact) mass is 217 g/mol. The van der Waals surface area contributed by atoms with Gasteiger partial charge < -0.3 is 5.11 Å². The van der Waals surface area contributed by atoms with Gasteiger partial charge in [-0.2, -0.15) is 0 Å². The van der Waals surface area contributed by atoms with Gasteiger partial charge in [0, 0.05) is 12.6 Å². The van der Waals surface area contributed by atoms with Crippen molar-refractivity contribution in [2.75, 3.05) is 13.1 Å². The Balaban J connectivity index is 1.93. The van der Waals surface area contributed by atoms with Crippen LogP contribution in [0, 0.1) is 0 Å². The number of nitrogens with zero attached hydrogens (tertiary/aromatic N) is 1. The van der Waals surface area contributed by atoms with E-state index in [1.54, 1.807) is 0 Å². The summed E-state index contributed by atoms with van der Waals surface area (Å²) in [4.78, 5) is 2.47. The van der Waals surface area contributed by atoms with Gasteiger partial charge in [-0.25, -0.2) is 0 Å². The molecule has 1 aromatic rings. The zero-order chi connectivity index (χ0) is 11.0. The highest BCUT2D eigenvalue weighted by Gasteiger charge is 2.47. The molecule has 0 bridgehead atoms. The van der Waals surface area contributed by atoms with Crippen LogP contribution in [0.25, 0.3) is 0 Å². The van der Waals surface area contributed by atoms with Gasteiger partial charge in [0.1, 0.15) is 5.60 Å². The second-order valence-electron chi connectivity index (χ2n) is 5.09. The van der Waals surface area contributed by atoms with Gasteiger partial charge in [-0.05, 0) is 31.4 Å². The first-order chi connectivity index (χ1) is 7.81. The Hall–Kier alpha value is -0.860. The van der Waals surface area contributed by atoms with Crippen LogP contribution in [-0.4, -0.2) is 29.1 Å². The van der Waals surface area contributed by atoms with E-state index in [1.807, 2.05) is 18.2 Å². The van der Waals surface area contributed by atoms with E-state index in [-0.39, 0.29) is 0 Å². The highest BCUT2D eigenvalue weighted by Crippen LogP contribution is 2.41. The molecule has 0 aliphatic carbocycles. The molecule has 86 valence electrons. The normalized spacial score (nSPS) is 34.9. The number of hydrogen-bond donors (Lipinski definition) is 1. The summed E-state index contributed by atoms with van der Waals surface area (Å²) in [5, 5.41) is 10.9. The molecule has 0 unspecified atom stereocenters. The number of hydrogen-bond acceptors (Lipinski definition) is 2. The molecule has 16 heavy (non-hydrogen) atoms. The summed E-state index contributed by atoms with van der Waals surface area (Å²) < 4.78 is 0. The third-order valence-corrected chi connectivity index (χ3v) is 4.22. The number of aliphatic hydroxyl groups is 1. The summed E-state index contributed by atoms with van der Waals surface area (Å²) >= 11 is 0. The summed E-state index contributed by atoms with van der Waals surface area (Å²) in [5.74, 6) is 0. The Labute approximate surface area is 96.9 Å². The van der Waals surface area contributed by atoms with E-state index >= 15 is 0 Å². The molecule has 0 saturated carbocycles. The minimum atomic E-state index is -0.596. The average molecular weight is 217 g/mol. The molecule has 2 saturated heterocycles. The van der Waals surface area contributed by atoms with Crippen molar-refractivity contribution in [3.63, 3.8) is 0 Å². The minimum Gasteiger partial charge on any atom is -0.383 e. The molecule has 2 nitrogen and oxygen atoms in total. The van der Waals surface area contributed by atoms with Crippen LogP contribution in [0.1, 0.15) is 31.2 Å². The smallest absolute Gasteiger partial charge is 0.106 e. The van der Waals surface area contributed by atoms with Gasteiger partial charge in [-0.1, -0.05) is 36.8 Å². The lowest BCUT2D eigenvalue weighted by atomic mass is 9.83. The van der Waals surface area contributed by atoms with Crippen LogP contribution in [0.2, 0.25) is 0 Å². The first-order valence-corrected chi connectivity index (χ1v) is 6.33. The Bertz CT molecular complexity index is 364. The molecule has 0 amide bonds. The average Bonchev–Trinajstić information content (AvgIpc) is 2.71.